The summed E-state index contributed by atoms with van der Waals surface area (Å²) in [5, 5.41) is 6.13. The van der Waals surface area contributed by atoms with E-state index in [1.54, 1.807) is 32.0 Å². The van der Waals surface area contributed by atoms with E-state index in [9.17, 15) is 27.6 Å². The van der Waals surface area contributed by atoms with Gasteiger partial charge >= 0.3 is 6.09 Å². The molecule has 0 radical (unpaired) electrons. The van der Waals surface area contributed by atoms with Gasteiger partial charge < -0.3 is 29.7 Å². The molecule has 1 saturated heterocycles. The number of aromatic nitrogens is 1. The number of pyridine rings is 1. The number of amides is 4. The summed E-state index contributed by atoms with van der Waals surface area (Å²) in [7, 11) is -2.52. The number of sulfonamides is 1. The molecule has 6 atom stereocenters. The van der Waals surface area contributed by atoms with Crippen LogP contribution in [-0.2, 0) is 29.1 Å². The average molecular weight is 812 g/mol. The molecule has 2 saturated carbocycles. The van der Waals surface area contributed by atoms with Crippen LogP contribution in [-0.4, -0.2) is 90.3 Å². The fourth-order valence-electron chi connectivity index (χ4n) is 8.30. The Hall–Kier alpha value is -4.47. The topological polar surface area (TPSA) is 182 Å². The highest BCUT2D eigenvalue weighted by Gasteiger charge is 2.64. The minimum atomic E-state index is -4.04. The van der Waals surface area contributed by atoms with Crippen molar-refractivity contribution in [3.63, 3.8) is 0 Å². The molecule has 4 heterocycles. The van der Waals surface area contributed by atoms with E-state index in [1.165, 1.54) is 12.0 Å². The zero-order valence-corrected chi connectivity index (χ0v) is 34.4. The van der Waals surface area contributed by atoms with Crippen LogP contribution in [0.15, 0.2) is 30.4 Å². The Balaban J connectivity index is 1.25. The van der Waals surface area contributed by atoms with Crippen LogP contribution in [0.25, 0.3) is 10.9 Å². The lowest BCUT2D eigenvalue weighted by atomic mass is 9.86. The highest BCUT2D eigenvalue weighted by atomic mass is 32.2. The van der Waals surface area contributed by atoms with Gasteiger partial charge in [-0.15, -0.1) is 0 Å². The third kappa shape index (κ3) is 8.02. The molecule has 0 unspecified atom stereocenters. The van der Waals surface area contributed by atoms with Crippen LogP contribution in [0, 0.1) is 18.3 Å². The van der Waals surface area contributed by atoms with Gasteiger partial charge in [0.05, 0.1) is 36.2 Å². The molecule has 16 heteroatoms. The SMILES string of the molecule is COc1ccc2nc(C)c3c(c2c1)[C@H](F)C[C@]1(C[C@H]2C(=O)N[C@]4(C(=O)NS(=O)(=O)C5(C)CC5)C[C@H]4/C=C\CCCCC[C@H](NC(=O)OCC(C)(C)C)C(=O)N2C1)O3. The number of allylic oxidation sites excluding steroid dienone is 1. The third-order valence-electron chi connectivity index (χ3n) is 12.1. The lowest BCUT2D eigenvalue weighted by molar-refractivity contribution is -0.141. The summed E-state index contributed by atoms with van der Waals surface area (Å²) in [6.07, 6.45) is 5.00. The van der Waals surface area contributed by atoms with Gasteiger partial charge in [0.1, 0.15) is 40.9 Å². The van der Waals surface area contributed by atoms with Crippen LogP contribution >= 0.6 is 0 Å². The Labute approximate surface area is 333 Å². The second-order valence-corrected chi connectivity index (χ2v) is 20.2. The standard InChI is InChI=1S/C41H54FN5O9S/c1-24-33-32(27-18-26(54-6)14-15-29(27)43-24)28(42)20-40(56-33)21-31-34(48)45-41(36(50)46-57(52,53)39(5)16-17-39)19-25(41)12-10-8-7-9-11-13-30(35(49)47(31)22-40)44-37(51)55-23-38(2,3)4/h10,12,14-15,18,25,28,30-31H,7-9,11,13,16-17,19-23H2,1-6H3,(H,44,51)(H,45,48)(H,46,50)/b12-10-/t25-,28-,30+,31+,40-,41-/m1/s1. The molecular formula is C41H54FN5O9S. The number of methoxy groups -OCH3 is 1. The second kappa shape index (κ2) is 14.7. The summed E-state index contributed by atoms with van der Waals surface area (Å²) in [5.41, 5.74) is -2.03. The number of fused-ring (bicyclic) bond motifs is 5. The lowest BCUT2D eigenvalue weighted by Crippen LogP contribution is -2.58. The maximum absolute atomic E-state index is 16.8. The fraction of sp³-hybridized carbons (Fsp3) is 0.634. The first-order chi connectivity index (χ1) is 26.8. The summed E-state index contributed by atoms with van der Waals surface area (Å²) < 4.78 is 62.0. The molecule has 3 N–H and O–H groups in total. The van der Waals surface area contributed by atoms with E-state index < -0.39 is 73.9 Å². The van der Waals surface area contributed by atoms with Crippen LogP contribution in [0.3, 0.4) is 0 Å². The van der Waals surface area contributed by atoms with Crippen LogP contribution in [0.1, 0.15) is 109 Å². The molecule has 310 valence electrons. The number of hydrogen-bond acceptors (Lipinski definition) is 10. The lowest BCUT2D eigenvalue weighted by Gasteiger charge is -2.38. The van der Waals surface area contributed by atoms with Crippen molar-refractivity contribution < 1.29 is 46.2 Å². The quantitative estimate of drug-likeness (QED) is 0.327. The molecule has 57 heavy (non-hydrogen) atoms. The first-order valence-electron chi connectivity index (χ1n) is 19.9. The second-order valence-electron chi connectivity index (χ2n) is 18.0. The number of benzene rings is 1. The van der Waals surface area contributed by atoms with Gasteiger partial charge in [0, 0.05) is 29.7 Å². The molecule has 0 bridgehead atoms. The summed E-state index contributed by atoms with van der Waals surface area (Å²) in [5.74, 6) is -1.90. The van der Waals surface area contributed by atoms with Crippen LogP contribution in [0.5, 0.6) is 11.5 Å². The van der Waals surface area contributed by atoms with E-state index in [2.05, 4.69) is 20.3 Å². The van der Waals surface area contributed by atoms with E-state index in [-0.39, 0.29) is 50.0 Å². The Morgan fingerprint density at radius 1 is 1.12 bits per heavy atom. The zero-order valence-electron chi connectivity index (χ0n) is 33.5. The maximum Gasteiger partial charge on any atom is 0.407 e. The highest BCUT2D eigenvalue weighted by molar-refractivity contribution is 7.91. The first kappa shape index (κ1) is 40.7. The maximum atomic E-state index is 16.8. The summed E-state index contributed by atoms with van der Waals surface area (Å²) in [6, 6.07) is 2.83. The number of aryl methyl sites for hydroxylation is 1. The van der Waals surface area contributed by atoms with Gasteiger partial charge in [-0.2, -0.15) is 0 Å². The Morgan fingerprint density at radius 3 is 2.58 bits per heavy atom. The number of nitrogens with zero attached hydrogens (tertiary/aromatic N) is 2. The average Bonchev–Trinajstić information content (AvgIpc) is 4.03. The van der Waals surface area contributed by atoms with E-state index in [0.717, 1.165) is 12.8 Å². The van der Waals surface area contributed by atoms with E-state index in [0.29, 0.717) is 53.6 Å². The largest absolute Gasteiger partial charge is 0.497 e. The van der Waals surface area contributed by atoms with Crippen molar-refractivity contribution >= 4 is 44.7 Å². The minimum absolute atomic E-state index is 0.100. The molecule has 2 aromatic rings. The third-order valence-corrected chi connectivity index (χ3v) is 14.2. The number of halogens is 1. The molecule has 1 aromatic carbocycles. The van der Waals surface area contributed by atoms with E-state index >= 15 is 4.39 Å². The molecule has 14 nitrogen and oxygen atoms in total. The van der Waals surface area contributed by atoms with Gasteiger partial charge in [-0.3, -0.25) is 19.1 Å². The molecule has 1 spiro atoms. The molecule has 3 aliphatic heterocycles. The van der Waals surface area contributed by atoms with Gasteiger partial charge in [0.2, 0.25) is 21.8 Å². The van der Waals surface area contributed by atoms with Crippen LogP contribution in [0.2, 0.25) is 0 Å². The molecule has 5 aliphatic rings. The predicted molar refractivity (Wildman–Crippen MR) is 209 cm³/mol. The highest BCUT2D eigenvalue weighted by Crippen LogP contribution is 2.52. The van der Waals surface area contributed by atoms with Crippen molar-refractivity contribution in [1.82, 2.24) is 25.2 Å². The van der Waals surface area contributed by atoms with Gasteiger partial charge in [-0.05, 0) is 76.0 Å². The molecule has 1 aromatic heterocycles. The number of hydrogen-bond donors (Lipinski definition) is 3. The van der Waals surface area contributed by atoms with E-state index in [4.69, 9.17) is 14.2 Å². The fourth-order valence-corrected chi connectivity index (χ4v) is 9.62. The Kier molecular flexibility index (Phi) is 10.5. The van der Waals surface area contributed by atoms with Gasteiger partial charge in [0.25, 0.3) is 5.91 Å². The Bertz CT molecular complexity index is 2120. The summed E-state index contributed by atoms with van der Waals surface area (Å²) in [4.78, 5) is 62.5. The van der Waals surface area contributed by atoms with Crippen LogP contribution < -0.4 is 24.8 Å². The molecule has 3 fully saturated rings. The Morgan fingerprint density at radius 2 is 1.88 bits per heavy atom. The first-order valence-corrected chi connectivity index (χ1v) is 21.4. The monoisotopic (exact) mass is 811 g/mol. The summed E-state index contributed by atoms with van der Waals surface area (Å²) in [6.45, 7) is 8.91. The molecule has 7 rings (SSSR count). The van der Waals surface area contributed by atoms with Crippen molar-refractivity contribution in [1.29, 1.82) is 0 Å². The predicted octanol–water partition coefficient (Wildman–Crippen LogP) is 5.22. The summed E-state index contributed by atoms with van der Waals surface area (Å²) >= 11 is 0. The molecular weight excluding hydrogens is 758 g/mol. The van der Waals surface area contributed by atoms with E-state index in [1.807, 2.05) is 32.9 Å². The normalized spacial score (nSPS) is 30.3. The van der Waals surface area contributed by atoms with Gasteiger partial charge in [-0.1, -0.05) is 45.8 Å². The minimum Gasteiger partial charge on any atom is -0.497 e. The van der Waals surface area contributed by atoms with Crippen molar-refractivity contribution in [2.45, 2.75) is 133 Å². The number of ether oxygens (including phenoxy) is 3. The van der Waals surface area contributed by atoms with Crippen molar-refractivity contribution in [3.05, 3.63) is 41.6 Å². The molecule has 4 amide bonds. The van der Waals surface area contributed by atoms with Crippen molar-refractivity contribution in [3.8, 4) is 11.5 Å². The van der Waals surface area contributed by atoms with Gasteiger partial charge in [-0.25, -0.2) is 22.6 Å². The number of alkyl carbamates (subject to hydrolysis) is 1. The number of carbonyl (C=O) groups is 4. The smallest absolute Gasteiger partial charge is 0.407 e. The number of nitrogens with one attached hydrogen (secondary N) is 3. The number of carbonyl (C=O) groups excluding carboxylic acids is 4. The number of rotatable bonds is 6. The van der Waals surface area contributed by atoms with Crippen LogP contribution in [0.4, 0.5) is 9.18 Å². The number of alkyl halides is 1. The zero-order chi connectivity index (χ0) is 41.1. The van der Waals surface area contributed by atoms with Crippen molar-refractivity contribution in [2.24, 2.45) is 11.3 Å². The molecule has 2 aliphatic carbocycles. The van der Waals surface area contributed by atoms with Crippen molar-refractivity contribution in [2.75, 3.05) is 20.3 Å². The van der Waals surface area contributed by atoms with Gasteiger partial charge in [0.15, 0.2) is 0 Å².